The number of rotatable bonds is 2. The van der Waals surface area contributed by atoms with E-state index in [0.717, 1.165) is 16.2 Å². The van der Waals surface area contributed by atoms with Gasteiger partial charge in [0.25, 0.3) is 0 Å². The highest BCUT2D eigenvalue weighted by molar-refractivity contribution is 7.13. The van der Waals surface area contributed by atoms with Gasteiger partial charge in [-0.05, 0) is 17.7 Å². The lowest BCUT2D eigenvalue weighted by molar-refractivity contribution is 0.415. The first-order chi connectivity index (χ1) is 6.81. The number of aromatic nitrogens is 1. The van der Waals surface area contributed by atoms with Crippen LogP contribution in [-0.4, -0.2) is 12.1 Å². The van der Waals surface area contributed by atoms with Crippen molar-refractivity contribution < 1.29 is 4.74 Å². The Morgan fingerprint density at radius 1 is 1.43 bits per heavy atom. The first kappa shape index (κ1) is 9.02. The van der Waals surface area contributed by atoms with Crippen molar-refractivity contribution in [3.8, 4) is 16.2 Å². The minimum Gasteiger partial charge on any atom is -0.497 e. The zero-order valence-corrected chi connectivity index (χ0v) is 8.54. The lowest BCUT2D eigenvalue weighted by Gasteiger charge is -2.02. The van der Waals surface area contributed by atoms with Crippen LogP contribution in [-0.2, 0) is 0 Å². The van der Waals surface area contributed by atoms with Crippen molar-refractivity contribution >= 4 is 17.2 Å². The molecule has 3 nitrogen and oxygen atoms in total. The van der Waals surface area contributed by atoms with Gasteiger partial charge in [-0.2, -0.15) is 0 Å². The fourth-order valence-electron chi connectivity index (χ4n) is 1.24. The molecule has 72 valence electrons. The van der Waals surface area contributed by atoms with Gasteiger partial charge in [0.2, 0.25) is 0 Å². The highest BCUT2D eigenvalue weighted by Crippen LogP contribution is 2.31. The Morgan fingerprint density at radius 2 is 2.29 bits per heavy atom. The van der Waals surface area contributed by atoms with E-state index in [1.54, 1.807) is 12.6 Å². The highest BCUT2D eigenvalue weighted by Gasteiger charge is 2.05. The van der Waals surface area contributed by atoms with Gasteiger partial charge in [0.05, 0.1) is 17.5 Å². The number of thiazole rings is 1. The fourth-order valence-corrected chi connectivity index (χ4v) is 1.94. The van der Waals surface area contributed by atoms with Gasteiger partial charge in [-0.15, -0.1) is 11.3 Å². The largest absolute Gasteiger partial charge is 0.497 e. The third kappa shape index (κ3) is 1.56. The molecule has 2 rings (SSSR count). The summed E-state index contributed by atoms with van der Waals surface area (Å²) in [7, 11) is 1.65. The maximum Gasteiger partial charge on any atom is 0.142 e. The van der Waals surface area contributed by atoms with Gasteiger partial charge in [0.15, 0.2) is 0 Å². The van der Waals surface area contributed by atoms with E-state index in [2.05, 4.69) is 4.98 Å². The van der Waals surface area contributed by atoms with Crippen LogP contribution >= 0.6 is 11.3 Å². The van der Waals surface area contributed by atoms with E-state index in [-0.39, 0.29) is 0 Å². The molecule has 1 aromatic heterocycles. The summed E-state index contributed by atoms with van der Waals surface area (Å²) in [6.07, 6.45) is 0. The Bertz CT molecular complexity index is 439. The lowest BCUT2D eigenvalue weighted by atomic mass is 10.2. The Morgan fingerprint density at radius 3 is 2.93 bits per heavy atom. The third-order valence-corrected chi connectivity index (χ3v) is 2.82. The number of benzene rings is 1. The summed E-state index contributed by atoms with van der Waals surface area (Å²) in [4.78, 5) is 4.99. The first-order valence-electron chi connectivity index (χ1n) is 4.14. The Kier molecular flexibility index (Phi) is 2.37. The number of nitrogens with two attached hydrogens (primary N) is 1. The van der Waals surface area contributed by atoms with Crippen LogP contribution in [0.4, 0.5) is 5.82 Å². The van der Waals surface area contributed by atoms with E-state index >= 15 is 0 Å². The Labute approximate surface area is 86.2 Å². The van der Waals surface area contributed by atoms with Crippen LogP contribution in [0.3, 0.4) is 0 Å². The van der Waals surface area contributed by atoms with E-state index in [9.17, 15) is 0 Å². The predicted octanol–water partition coefficient (Wildman–Crippen LogP) is 2.40. The molecule has 0 saturated carbocycles. The molecule has 2 aromatic rings. The van der Waals surface area contributed by atoms with Crippen molar-refractivity contribution in [2.45, 2.75) is 0 Å². The second kappa shape index (κ2) is 3.67. The van der Waals surface area contributed by atoms with Gasteiger partial charge < -0.3 is 10.5 Å². The average Bonchev–Trinajstić information content (AvgIpc) is 2.65. The molecule has 0 atom stereocenters. The van der Waals surface area contributed by atoms with Crippen LogP contribution < -0.4 is 10.5 Å². The van der Waals surface area contributed by atoms with Gasteiger partial charge >= 0.3 is 0 Å². The minimum absolute atomic E-state index is 0.572. The number of hydrogen-bond donors (Lipinski definition) is 1. The molecule has 0 spiro atoms. The van der Waals surface area contributed by atoms with E-state index < -0.39 is 0 Å². The summed E-state index contributed by atoms with van der Waals surface area (Å²) in [5, 5.41) is 0. The van der Waals surface area contributed by atoms with E-state index in [1.807, 2.05) is 24.3 Å². The van der Waals surface area contributed by atoms with E-state index in [0.29, 0.717) is 5.82 Å². The molecule has 4 heteroatoms. The number of nitrogen functional groups attached to an aromatic ring is 1. The maximum atomic E-state index is 5.72. The summed E-state index contributed by atoms with van der Waals surface area (Å²) < 4.78 is 5.14. The van der Waals surface area contributed by atoms with Crippen molar-refractivity contribution in [1.29, 1.82) is 0 Å². The summed E-state index contributed by atoms with van der Waals surface area (Å²) in [5.74, 6) is 1.40. The molecule has 2 N–H and O–H groups in total. The molecule has 0 amide bonds. The van der Waals surface area contributed by atoms with Crippen molar-refractivity contribution in [3.05, 3.63) is 29.8 Å². The zero-order chi connectivity index (χ0) is 9.97. The maximum absolute atomic E-state index is 5.72. The molecule has 0 bridgehead atoms. The molecule has 0 aliphatic heterocycles. The molecule has 0 fully saturated rings. The molecule has 14 heavy (non-hydrogen) atoms. The van der Waals surface area contributed by atoms with Crippen molar-refractivity contribution in [2.24, 2.45) is 0 Å². The van der Waals surface area contributed by atoms with E-state index in [4.69, 9.17) is 10.5 Å². The predicted molar refractivity (Wildman–Crippen MR) is 58.5 cm³/mol. The fraction of sp³-hybridized carbons (Fsp3) is 0.100. The summed E-state index contributed by atoms with van der Waals surface area (Å²) in [6, 6.07) is 7.78. The average molecular weight is 206 g/mol. The zero-order valence-electron chi connectivity index (χ0n) is 7.73. The van der Waals surface area contributed by atoms with Crippen LogP contribution in [0.25, 0.3) is 10.4 Å². The van der Waals surface area contributed by atoms with Crippen molar-refractivity contribution in [1.82, 2.24) is 4.98 Å². The summed E-state index contributed by atoms with van der Waals surface area (Å²) in [6.45, 7) is 0. The quantitative estimate of drug-likeness (QED) is 0.820. The van der Waals surface area contributed by atoms with Gasteiger partial charge in [-0.25, -0.2) is 4.98 Å². The number of hydrogen-bond acceptors (Lipinski definition) is 4. The third-order valence-electron chi connectivity index (χ3n) is 1.93. The molecule has 1 aromatic carbocycles. The van der Waals surface area contributed by atoms with Crippen molar-refractivity contribution in [3.63, 3.8) is 0 Å². The Hall–Kier alpha value is -1.55. The standard InChI is InChI=1S/C10H10N2OS/c1-13-8-4-2-3-7(5-8)9-10(11)12-6-14-9/h2-6H,11H2,1H3. The second-order valence-corrected chi connectivity index (χ2v) is 3.65. The number of nitrogens with zero attached hydrogens (tertiary/aromatic N) is 1. The summed E-state index contributed by atoms with van der Waals surface area (Å²) in [5.41, 5.74) is 8.51. The summed E-state index contributed by atoms with van der Waals surface area (Å²) >= 11 is 1.53. The first-order valence-corrected chi connectivity index (χ1v) is 5.02. The monoisotopic (exact) mass is 206 g/mol. The molecule has 0 saturated heterocycles. The highest BCUT2D eigenvalue weighted by atomic mass is 32.1. The van der Waals surface area contributed by atoms with Gasteiger partial charge in [-0.3, -0.25) is 0 Å². The molecule has 0 aliphatic rings. The number of anilines is 1. The molecule has 0 unspecified atom stereocenters. The van der Waals surface area contributed by atoms with Gasteiger partial charge in [0.1, 0.15) is 11.6 Å². The number of ether oxygens (including phenoxy) is 1. The minimum atomic E-state index is 0.572. The molecular formula is C10H10N2OS. The second-order valence-electron chi connectivity index (χ2n) is 2.80. The smallest absolute Gasteiger partial charge is 0.142 e. The van der Waals surface area contributed by atoms with Crippen LogP contribution in [0.2, 0.25) is 0 Å². The molecular weight excluding hydrogens is 196 g/mol. The Balaban J connectivity index is 2.47. The van der Waals surface area contributed by atoms with Crippen LogP contribution in [0.15, 0.2) is 29.8 Å². The normalized spacial score (nSPS) is 10.1. The molecule has 0 aliphatic carbocycles. The van der Waals surface area contributed by atoms with Gasteiger partial charge in [0, 0.05) is 0 Å². The van der Waals surface area contributed by atoms with Crippen molar-refractivity contribution in [2.75, 3.05) is 12.8 Å². The molecule has 1 heterocycles. The van der Waals surface area contributed by atoms with E-state index in [1.165, 1.54) is 11.3 Å². The van der Waals surface area contributed by atoms with Crippen LogP contribution in [0, 0.1) is 0 Å². The number of methoxy groups -OCH3 is 1. The molecule has 0 radical (unpaired) electrons. The van der Waals surface area contributed by atoms with Gasteiger partial charge in [-0.1, -0.05) is 12.1 Å². The topological polar surface area (TPSA) is 48.1 Å². The van der Waals surface area contributed by atoms with Crippen LogP contribution in [0.5, 0.6) is 5.75 Å². The lowest BCUT2D eigenvalue weighted by Crippen LogP contribution is -1.87. The van der Waals surface area contributed by atoms with Crippen LogP contribution in [0.1, 0.15) is 0 Å². The SMILES string of the molecule is COc1cccc(-c2scnc2N)c1.